The fourth-order valence-corrected chi connectivity index (χ4v) is 2.65. The molecule has 2 heterocycles. The molecule has 1 atom stereocenters. The second kappa shape index (κ2) is 3.78. The largest absolute Gasteiger partial charge is 0.369 e. The highest BCUT2D eigenvalue weighted by Crippen LogP contribution is 2.45. The molecule has 0 fully saturated rings. The van der Waals surface area contributed by atoms with Crippen LogP contribution in [0.15, 0.2) is 16.4 Å². The van der Waals surface area contributed by atoms with Gasteiger partial charge in [0.05, 0.1) is 0 Å². The van der Waals surface area contributed by atoms with Gasteiger partial charge >= 0.3 is 11.8 Å². The smallest absolute Gasteiger partial charge is 0.354 e. The van der Waals surface area contributed by atoms with Crippen molar-refractivity contribution in [3.8, 4) is 0 Å². The van der Waals surface area contributed by atoms with Crippen LogP contribution in [-0.4, -0.2) is 37.6 Å². The van der Waals surface area contributed by atoms with Gasteiger partial charge in [0.25, 0.3) is 0 Å². The zero-order chi connectivity index (χ0) is 13.7. The first-order valence-electron chi connectivity index (χ1n) is 5.06. The number of nitrogens with two attached hydrogens (primary N) is 1. The molecule has 1 aromatic rings. The summed E-state index contributed by atoms with van der Waals surface area (Å²) in [6, 6.07) is 1.38. The Bertz CT molecular complexity index is 545. The Hall–Kier alpha value is -1.44. The molecule has 0 aromatic carbocycles. The first kappa shape index (κ1) is 13.0. The van der Waals surface area contributed by atoms with Crippen LogP contribution in [0.3, 0.4) is 0 Å². The van der Waals surface area contributed by atoms with Crippen molar-refractivity contribution in [2.24, 2.45) is 10.7 Å². The molecule has 0 spiro atoms. The minimum atomic E-state index is -3.66. The van der Waals surface area contributed by atoms with E-state index in [-0.39, 0.29) is 10.8 Å². The number of rotatable bonds is 1. The molecule has 2 rings (SSSR count). The summed E-state index contributed by atoms with van der Waals surface area (Å²) < 4.78 is 28.4. The van der Waals surface area contributed by atoms with E-state index in [1.165, 1.54) is 18.4 Å². The number of hydrogen-bond donors (Lipinski definition) is 1. The van der Waals surface area contributed by atoms with Crippen LogP contribution in [-0.2, 0) is 10.3 Å². The molecule has 1 aliphatic rings. The summed E-state index contributed by atoms with van der Waals surface area (Å²) >= 11 is 1.02. The van der Waals surface area contributed by atoms with E-state index in [0.29, 0.717) is 10.4 Å². The lowest BCUT2D eigenvalue weighted by molar-refractivity contribution is -0.165. The number of carbonyl (C=O) groups excluding carboxylic acids is 1. The van der Waals surface area contributed by atoms with Crippen LogP contribution in [0.4, 0.5) is 8.78 Å². The van der Waals surface area contributed by atoms with Crippen molar-refractivity contribution in [3.05, 3.63) is 16.3 Å². The molecule has 18 heavy (non-hydrogen) atoms. The average Bonchev–Trinajstić information content (AvgIpc) is 2.72. The van der Waals surface area contributed by atoms with Crippen LogP contribution in [0, 0.1) is 0 Å². The third-order valence-corrected chi connectivity index (χ3v) is 4.13. The van der Waals surface area contributed by atoms with E-state index in [1.807, 2.05) is 0 Å². The molecule has 0 unspecified atom stereocenters. The maximum Gasteiger partial charge on any atom is 0.354 e. The number of guanidine groups is 1. The van der Waals surface area contributed by atoms with Gasteiger partial charge in [-0.25, -0.2) is 4.99 Å². The molecule has 94 valence electrons. The molecular weight excluding hydrogens is 259 g/mol. The van der Waals surface area contributed by atoms with E-state index in [2.05, 4.69) is 4.99 Å². The van der Waals surface area contributed by atoms with Gasteiger partial charge in [-0.05, 0) is 12.3 Å². The molecule has 2 N–H and O–H groups in total. The number of amides is 1. The van der Waals surface area contributed by atoms with E-state index < -0.39 is 17.4 Å². The summed E-state index contributed by atoms with van der Waals surface area (Å²) in [5.74, 6) is -5.27. The normalized spacial score (nSPS) is 27.2. The van der Waals surface area contributed by atoms with E-state index in [4.69, 9.17) is 13.6 Å². The fraction of sp³-hybridized carbons (Fsp3) is 0.400. The predicted molar refractivity (Wildman–Crippen MR) is 66.4 cm³/mol. The van der Waals surface area contributed by atoms with Crippen molar-refractivity contribution < 1.29 is 13.6 Å². The van der Waals surface area contributed by atoms with Crippen LogP contribution in [0.25, 0.3) is 0 Å². The summed E-state index contributed by atoms with van der Waals surface area (Å²) in [6.45, 7) is 1.18. The Morgan fingerprint density at radius 3 is 2.67 bits per heavy atom. The van der Waals surface area contributed by atoms with Crippen molar-refractivity contribution in [2.45, 2.75) is 18.4 Å². The summed E-state index contributed by atoms with van der Waals surface area (Å²) in [5.41, 5.74) is 3.85. The highest BCUT2D eigenvalue weighted by atomic mass is 32.1. The molecule has 1 aliphatic heterocycles. The highest BCUT2D eigenvalue weighted by molar-refractivity contribution is 7.11. The minimum Gasteiger partial charge on any atom is -0.369 e. The molecule has 1 amide bonds. The Labute approximate surface area is 108 Å². The first-order valence-corrected chi connectivity index (χ1v) is 5.94. The van der Waals surface area contributed by atoms with Gasteiger partial charge < -0.3 is 5.73 Å². The van der Waals surface area contributed by atoms with E-state index in [1.54, 1.807) is 0 Å². The molecule has 0 saturated carbocycles. The first-order chi connectivity index (χ1) is 8.20. The van der Waals surface area contributed by atoms with Crippen LogP contribution < -0.4 is 11.2 Å². The van der Waals surface area contributed by atoms with Crippen molar-refractivity contribution in [1.82, 2.24) is 4.90 Å². The van der Waals surface area contributed by atoms with Crippen molar-refractivity contribution in [3.63, 3.8) is 0 Å². The molecular formula is C10H10BF2N3OS. The van der Waals surface area contributed by atoms with Crippen molar-refractivity contribution >= 4 is 36.5 Å². The van der Waals surface area contributed by atoms with Crippen LogP contribution in [0.1, 0.15) is 11.8 Å². The summed E-state index contributed by atoms with van der Waals surface area (Å²) in [7, 11) is 6.68. The lowest BCUT2D eigenvalue weighted by atomic mass is 9.88. The van der Waals surface area contributed by atoms with Gasteiger partial charge in [-0.2, -0.15) is 8.78 Å². The van der Waals surface area contributed by atoms with Gasteiger partial charge in [0.1, 0.15) is 7.85 Å². The number of halogens is 2. The monoisotopic (exact) mass is 269 g/mol. The van der Waals surface area contributed by atoms with E-state index >= 15 is 0 Å². The second-order valence-corrected chi connectivity index (χ2v) is 5.14. The predicted octanol–water partition coefficient (Wildman–Crippen LogP) is 0.179. The summed E-state index contributed by atoms with van der Waals surface area (Å²) in [4.78, 5) is 16.3. The Kier molecular flexibility index (Phi) is 2.73. The molecule has 4 nitrogen and oxygen atoms in total. The van der Waals surface area contributed by atoms with Crippen LogP contribution in [0.5, 0.6) is 0 Å². The number of nitrogens with zero attached hydrogens (tertiary/aromatic N) is 2. The molecule has 8 heteroatoms. The highest BCUT2D eigenvalue weighted by Gasteiger charge is 2.62. The van der Waals surface area contributed by atoms with E-state index in [0.717, 1.165) is 18.4 Å². The molecule has 1 aromatic heterocycles. The van der Waals surface area contributed by atoms with E-state index in [9.17, 15) is 13.6 Å². The maximum absolute atomic E-state index is 14.2. The second-order valence-electron chi connectivity index (χ2n) is 4.23. The van der Waals surface area contributed by atoms with Crippen LogP contribution >= 0.6 is 11.3 Å². The summed E-state index contributed by atoms with van der Waals surface area (Å²) in [5, 5.41) is 1.52. The van der Waals surface area contributed by atoms with Crippen molar-refractivity contribution in [1.29, 1.82) is 0 Å². The van der Waals surface area contributed by atoms with Gasteiger partial charge in [-0.1, -0.05) is 11.5 Å². The zero-order valence-corrected chi connectivity index (χ0v) is 10.6. The summed E-state index contributed by atoms with van der Waals surface area (Å²) in [6.07, 6.45) is 0. The number of carbonyl (C=O) groups is 1. The standard InChI is InChI=1S/C10H10BF2N3OS/c1-9(6-3-5(11)4-18-6)10(12,13)7(17)16(2)8(14)15-9/h3-4H,1-2H3,(H2,14,15)/t9-/m1/s1. The topological polar surface area (TPSA) is 58.7 Å². The lowest BCUT2D eigenvalue weighted by Crippen LogP contribution is -2.60. The SMILES string of the molecule is [B]c1csc([C@@]2(C)N=C(N)N(C)C(=O)C2(F)F)c1. The van der Waals surface area contributed by atoms with Crippen LogP contribution in [0.2, 0.25) is 0 Å². The molecule has 0 aliphatic carbocycles. The number of aliphatic imine (C=N–C) groups is 1. The lowest BCUT2D eigenvalue weighted by Gasteiger charge is -2.39. The van der Waals surface area contributed by atoms with Gasteiger partial charge in [-0.3, -0.25) is 9.69 Å². The minimum absolute atomic E-state index is 0.203. The number of alkyl halides is 2. The molecule has 0 saturated heterocycles. The van der Waals surface area contributed by atoms with Gasteiger partial charge in [0.15, 0.2) is 11.5 Å². The van der Waals surface area contributed by atoms with Gasteiger partial charge in [-0.15, -0.1) is 11.3 Å². The fourth-order valence-electron chi connectivity index (χ4n) is 1.71. The third-order valence-electron chi connectivity index (χ3n) is 2.97. The maximum atomic E-state index is 14.2. The quantitative estimate of drug-likeness (QED) is 0.739. The average molecular weight is 269 g/mol. The van der Waals surface area contributed by atoms with Gasteiger partial charge in [0, 0.05) is 11.9 Å². The Morgan fingerprint density at radius 1 is 1.56 bits per heavy atom. The third kappa shape index (κ3) is 1.55. The molecule has 0 bridgehead atoms. The molecule has 2 radical (unpaired) electrons. The zero-order valence-electron chi connectivity index (χ0n) is 9.78. The Morgan fingerprint density at radius 2 is 2.17 bits per heavy atom. The Balaban J connectivity index is 2.64. The number of hydrogen-bond acceptors (Lipinski definition) is 4. The van der Waals surface area contributed by atoms with Crippen molar-refractivity contribution in [2.75, 3.05) is 7.05 Å². The van der Waals surface area contributed by atoms with Gasteiger partial charge in [0.2, 0.25) is 0 Å². The number of thiophene rings is 1.